The highest BCUT2D eigenvalue weighted by molar-refractivity contribution is 7.98. The van der Waals surface area contributed by atoms with Crippen LogP contribution in [0.2, 0.25) is 5.02 Å². The van der Waals surface area contributed by atoms with Gasteiger partial charge in [-0.25, -0.2) is 0 Å². The van der Waals surface area contributed by atoms with Crippen LogP contribution in [0.4, 0.5) is 0 Å². The molecular weight excluding hydrogens is 400 g/mol. The topological polar surface area (TPSA) is 70.8 Å². The normalized spacial score (nSPS) is 11.0. The van der Waals surface area contributed by atoms with E-state index in [4.69, 9.17) is 25.8 Å². The van der Waals surface area contributed by atoms with Crippen molar-refractivity contribution < 1.29 is 14.2 Å². The number of halogens is 1. The predicted molar refractivity (Wildman–Crippen MR) is 110 cm³/mol. The van der Waals surface area contributed by atoms with Gasteiger partial charge in [-0.05, 0) is 29.8 Å². The minimum atomic E-state index is 0.533. The highest BCUT2D eigenvalue weighted by Gasteiger charge is 2.12. The lowest BCUT2D eigenvalue weighted by atomic mass is 10.2. The zero-order valence-electron chi connectivity index (χ0n) is 15.6. The summed E-state index contributed by atoms with van der Waals surface area (Å²) in [5, 5.41) is 13.9. The number of aromatic nitrogens is 3. The molecule has 1 aromatic heterocycles. The van der Waals surface area contributed by atoms with E-state index >= 15 is 0 Å². The fourth-order valence-electron chi connectivity index (χ4n) is 2.43. The van der Waals surface area contributed by atoms with Gasteiger partial charge < -0.3 is 14.2 Å². The van der Waals surface area contributed by atoms with Crippen LogP contribution in [-0.4, -0.2) is 42.4 Å². The van der Waals surface area contributed by atoms with Crippen molar-refractivity contribution in [1.29, 1.82) is 0 Å². The molecule has 0 atom stereocenters. The summed E-state index contributed by atoms with van der Waals surface area (Å²) >= 11 is 7.45. The summed E-state index contributed by atoms with van der Waals surface area (Å²) < 4.78 is 17.7. The van der Waals surface area contributed by atoms with Gasteiger partial charge in [0.1, 0.15) is 6.33 Å². The van der Waals surface area contributed by atoms with Crippen LogP contribution in [0.25, 0.3) is 0 Å². The third-order valence-corrected chi connectivity index (χ3v) is 5.06. The second-order valence-corrected chi connectivity index (χ2v) is 6.96. The molecule has 0 N–H and O–H groups in total. The Bertz CT molecular complexity index is 935. The van der Waals surface area contributed by atoms with Crippen molar-refractivity contribution in [3.63, 3.8) is 0 Å². The maximum absolute atomic E-state index is 5.92. The van der Waals surface area contributed by atoms with Gasteiger partial charge in [-0.15, -0.1) is 10.2 Å². The molecule has 0 saturated carbocycles. The van der Waals surface area contributed by atoms with E-state index in [2.05, 4.69) is 15.3 Å². The van der Waals surface area contributed by atoms with E-state index in [1.165, 1.54) is 11.8 Å². The maximum atomic E-state index is 5.92. The van der Waals surface area contributed by atoms with Gasteiger partial charge in [0.15, 0.2) is 11.5 Å². The molecule has 0 aliphatic carbocycles. The Hall–Kier alpha value is -2.71. The summed E-state index contributed by atoms with van der Waals surface area (Å²) in [6, 6.07) is 11.3. The third kappa shape index (κ3) is 4.76. The van der Waals surface area contributed by atoms with E-state index in [1.807, 2.05) is 36.4 Å². The van der Waals surface area contributed by atoms with Crippen LogP contribution in [-0.2, 0) is 5.75 Å². The van der Waals surface area contributed by atoms with E-state index in [0.29, 0.717) is 27.4 Å². The average molecular weight is 419 g/mol. The Kier molecular flexibility index (Phi) is 6.78. The van der Waals surface area contributed by atoms with Crippen LogP contribution in [0, 0.1) is 0 Å². The standard InChI is InChI=1S/C19H19ClN4O3S/c1-25-16-8-14(9-17(26-2)18(16)27-3)10-22-24-12-21-23-19(24)28-11-13-4-6-15(20)7-5-13/h4-10,12H,11H2,1-3H3/b22-10+. The lowest BCUT2D eigenvalue weighted by molar-refractivity contribution is 0.324. The van der Waals surface area contributed by atoms with Crippen molar-refractivity contribution >= 4 is 29.6 Å². The van der Waals surface area contributed by atoms with Gasteiger partial charge in [0, 0.05) is 16.3 Å². The quantitative estimate of drug-likeness (QED) is 0.404. The number of hydrogen-bond acceptors (Lipinski definition) is 7. The molecule has 0 fully saturated rings. The molecule has 0 aliphatic heterocycles. The maximum Gasteiger partial charge on any atom is 0.212 e. The van der Waals surface area contributed by atoms with Gasteiger partial charge in [0.25, 0.3) is 0 Å². The summed E-state index contributed by atoms with van der Waals surface area (Å²) in [6.07, 6.45) is 3.23. The summed E-state index contributed by atoms with van der Waals surface area (Å²) in [5.41, 5.74) is 1.93. The number of nitrogens with zero attached hydrogens (tertiary/aromatic N) is 4. The Morgan fingerprint density at radius 3 is 2.36 bits per heavy atom. The Morgan fingerprint density at radius 2 is 1.75 bits per heavy atom. The molecule has 3 rings (SSSR count). The highest BCUT2D eigenvalue weighted by Crippen LogP contribution is 2.37. The van der Waals surface area contributed by atoms with Gasteiger partial charge in [-0.1, -0.05) is 35.5 Å². The fraction of sp³-hybridized carbons (Fsp3) is 0.211. The number of rotatable bonds is 8. The van der Waals surface area contributed by atoms with Crippen LogP contribution in [0.5, 0.6) is 17.2 Å². The first kappa shape index (κ1) is 20.0. The van der Waals surface area contributed by atoms with Crippen molar-refractivity contribution in [3.8, 4) is 17.2 Å². The molecule has 28 heavy (non-hydrogen) atoms. The monoisotopic (exact) mass is 418 g/mol. The van der Waals surface area contributed by atoms with Crippen molar-refractivity contribution in [3.05, 3.63) is 58.9 Å². The van der Waals surface area contributed by atoms with Crippen molar-refractivity contribution in [2.24, 2.45) is 5.10 Å². The smallest absolute Gasteiger partial charge is 0.212 e. The lowest BCUT2D eigenvalue weighted by Gasteiger charge is -2.12. The van der Waals surface area contributed by atoms with E-state index in [-0.39, 0.29) is 0 Å². The molecule has 0 saturated heterocycles. The largest absolute Gasteiger partial charge is 0.493 e. The second-order valence-electron chi connectivity index (χ2n) is 5.58. The third-order valence-electron chi connectivity index (χ3n) is 3.80. The van der Waals surface area contributed by atoms with Crippen LogP contribution in [0.1, 0.15) is 11.1 Å². The van der Waals surface area contributed by atoms with Crippen molar-refractivity contribution in [1.82, 2.24) is 14.9 Å². The first-order valence-corrected chi connectivity index (χ1v) is 9.62. The first-order chi connectivity index (χ1) is 13.6. The van der Waals surface area contributed by atoms with E-state index in [1.54, 1.807) is 38.5 Å². The van der Waals surface area contributed by atoms with Crippen molar-refractivity contribution in [2.75, 3.05) is 21.3 Å². The molecule has 0 spiro atoms. The predicted octanol–water partition coefficient (Wildman–Crippen LogP) is 4.13. The molecule has 2 aromatic carbocycles. The van der Waals surface area contributed by atoms with Crippen LogP contribution in [0.15, 0.2) is 53.0 Å². The van der Waals surface area contributed by atoms with Gasteiger partial charge in [-0.3, -0.25) is 0 Å². The Balaban J connectivity index is 1.76. The molecular formula is C19H19ClN4O3S. The summed E-state index contributed by atoms with van der Waals surface area (Å²) in [6.45, 7) is 0. The molecule has 9 heteroatoms. The zero-order chi connectivity index (χ0) is 19.9. The van der Waals surface area contributed by atoms with Crippen molar-refractivity contribution in [2.45, 2.75) is 10.9 Å². The molecule has 3 aromatic rings. The molecule has 0 amide bonds. The summed E-state index contributed by atoms with van der Waals surface area (Å²) in [5.74, 6) is 2.38. The van der Waals surface area contributed by atoms with Gasteiger partial charge in [0.2, 0.25) is 10.9 Å². The fourth-order valence-corrected chi connectivity index (χ4v) is 3.37. The van der Waals surface area contributed by atoms with Crippen LogP contribution in [0.3, 0.4) is 0 Å². The average Bonchev–Trinajstić information content (AvgIpc) is 3.18. The SMILES string of the molecule is COc1cc(/C=N/n2cnnc2SCc2ccc(Cl)cc2)cc(OC)c1OC. The molecule has 7 nitrogen and oxygen atoms in total. The molecule has 0 aliphatic rings. The summed E-state index contributed by atoms with van der Waals surface area (Å²) in [4.78, 5) is 0. The zero-order valence-corrected chi connectivity index (χ0v) is 17.2. The molecule has 146 valence electrons. The molecule has 1 heterocycles. The Morgan fingerprint density at radius 1 is 1.07 bits per heavy atom. The minimum Gasteiger partial charge on any atom is -0.493 e. The number of ether oxygens (including phenoxy) is 3. The molecule has 0 radical (unpaired) electrons. The molecule has 0 unspecified atom stereocenters. The number of benzene rings is 2. The number of methoxy groups -OCH3 is 3. The first-order valence-electron chi connectivity index (χ1n) is 8.26. The lowest BCUT2D eigenvalue weighted by Crippen LogP contribution is -1.98. The van der Waals surface area contributed by atoms with Crippen LogP contribution < -0.4 is 14.2 Å². The van der Waals surface area contributed by atoms with Gasteiger partial charge in [0.05, 0.1) is 27.5 Å². The molecule has 0 bridgehead atoms. The minimum absolute atomic E-state index is 0.533. The second kappa shape index (κ2) is 9.48. The van der Waals surface area contributed by atoms with E-state index in [9.17, 15) is 0 Å². The highest BCUT2D eigenvalue weighted by atomic mass is 35.5. The van der Waals surface area contributed by atoms with Gasteiger partial charge in [-0.2, -0.15) is 9.78 Å². The Labute approximate surface area is 172 Å². The summed E-state index contributed by atoms with van der Waals surface area (Å²) in [7, 11) is 4.71. The van der Waals surface area contributed by atoms with E-state index < -0.39 is 0 Å². The number of thioether (sulfide) groups is 1. The van der Waals surface area contributed by atoms with E-state index in [0.717, 1.165) is 16.9 Å². The number of hydrogen-bond donors (Lipinski definition) is 0. The van der Waals surface area contributed by atoms with Crippen LogP contribution >= 0.6 is 23.4 Å². The van der Waals surface area contributed by atoms with Gasteiger partial charge >= 0.3 is 0 Å².